The lowest BCUT2D eigenvalue weighted by molar-refractivity contribution is 0.0900. The van der Waals surface area contributed by atoms with Crippen LogP contribution in [0.2, 0.25) is 0 Å². The van der Waals surface area contributed by atoms with Crippen molar-refractivity contribution >= 4 is 15.6 Å². The van der Waals surface area contributed by atoms with Crippen LogP contribution in [0.25, 0.3) is 0 Å². The van der Waals surface area contributed by atoms with Crippen LogP contribution in [0, 0.1) is 17.2 Å². The molecule has 0 saturated carbocycles. The van der Waals surface area contributed by atoms with E-state index in [9.17, 15) is 13.2 Å². The third-order valence-corrected chi connectivity index (χ3v) is 7.04. The number of fused-ring (bicyclic) bond motifs is 2. The van der Waals surface area contributed by atoms with Gasteiger partial charge in [-0.05, 0) is 37.8 Å². The second-order valence-corrected chi connectivity index (χ2v) is 7.97. The van der Waals surface area contributed by atoms with Gasteiger partial charge in [0.05, 0.1) is 10.5 Å². The molecule has 0 amide bonds. The zero-order valence-corrected chi connectivity index (χ0v) is 11.6. The predicted octanol–water partition coefficient (Wildman–Crippen LogP) is 1.49. The lowest BCUT2D eigenvalue weighted by Crippen LogP contribution is -2.36. The Balaban J connectivity index is 1.85. The number of rotatable bonds is 2. The molecule has 1 aromatic heterocycles. The molecule has 2 aliphatic rings. The highest BCUT2D eigenvalue weighted by molar-refractivity contribution is 7.93. The SMILES string of the molecule is N#Cc1cccc(C(=O)C2CC3CCC(C2)S3(=O)=O)n1. The van der Waals surface area contributed by atoms with Crippen molar-refractivity contribution in [3.63, 3.8) is 0 Å². The Kier molecular flexibility index (Phi) is 3.09. The van der Waals surface area contributed by atoms with Gasteiger partial charge in [-0.2, -0.15) is 5.26 Å². The van der Waals surface area contributed by atoms with Gasteiger partial charge in [0.1, 0.15) is 17.5 Å². The van der Waals surface area contributed by atoms with E-state index < -0.39 is 9.84 Å². The number of pyridine rings is 1. The minimum atomic E-state index is -3.02. The fourth-order valence-corrected chi connectivity index (χ4v) is 5.74. The van der Waals surface area contributed by atoms with Crippen molar-refractivity contribution in [3.8, 4) is 6.07 Å². The molecule has 104 valence electrons. The molecule has 0 spiro atoms. The third kappa shape index (κ3) is 2.02. The molecule has 5 nitrogen and oxygen atoms in total. The Labute approximate surface area is 117 Å². The highest BCUT2D eigenvalue weighted by atomic mass is 32.2. The third-order valence-electron chi connectivity index (χ3n) is 4.32. The Morgan fingerprint density at radius 2 is 1.90 bits per heavy atom. The first kappa shape index (κ1) is 13.3. The lowest BCUT2D eigenvalue weighted by Gasteiger charge is -2.26. The number of hydrogen-bond acceptors (Lipinski definition) is 5. The number of nitriles is 1. The second kappa shape index (κ2) is 4.67. The molecule has 0 aliphatic carbocycles. The maximum Gasteiger partial charge on any atom is 0.184 e. The predicted molar refractivity (Wildman–Crippen MR) is 71.7 cm³/mol. The van der Waals surface area contributed by atoms with Gasteiger partial charge in [-0.25, -0.2) is 13.4 Å². The number of hydrogen-bond donors (Lipinski definition) is 0. The topological polar surface area (TPSA) is 87.9 Å². The van der Waals surface area contributed by atoms with E-state index in [0.717, 1.165) is 0 Å². The summed E-state index contributed by atoms with van der Waals surface area (Å²) in [4.78, 5) is 16.4. The van der Waals surface area contributed by atoms with Gasteiger partial charge in [0, 0.05) is 5.92 Å². The van der Waals surface area contributed by atoms with Gasteiger partial charge in [-0.15, -0.1) is 0 Å². The number of sulfone groups is 1. The highest BCUT2D eigenvalue weighted by Crippen LogP contribution is 2.41. The second-order valence-electron chi connectivity index (χ2n) is 5.46. The Bertz CT molecular complexity index is 685. The summed E-state index contributed by atoms with van der Waals surface area (Å²) in [6, 6.07) is 6.68. The van der Waals surface area contributed by atoms with Crippen LogP contribution >= 0.6 is 0 Å². The quantitative estimate of drug-likeness (QED) is 0.770. The fraction of sp³-hybridized carbons (Fsp3) is 0.500. The molecule has 2 unspecified atom stereocenters. The first-order valence-electron chi connectivity index (χ1n) is 6.66. The maximum absolute atomic E-state index is 12.4. The first-order chi connectivity index (χ1) is 9.52. The summed E-state index contributed by atoms with van der Waals surface area (Å²) in [6.45, 7) is 0. The van der Waals surface area contributed by atoms with Gasteiger partial charge in [0.25, 0.3) is 0 Å². The van der Waals surface area contributed by atoms with Gasteiger partial charge >= 0.3 is 0 Å². The van der Waals surface area contributed by atoms with Gasteiger partial charge < -0.3 is 0 Å². The highest BCUT2D eigenvalue weighted by Gasteiger charge is 2.48. The molecule has 0 radical (unpaired) electrons. The molecular weight excluding hydrogens is 276 g/mol. The van der Waals surface area contributed by atoms with E-state index in [-0.39, 0.29) is 33.6 Å². The molecule has 2 atom stereocenters. The van der Waals surface area contributed by atoms with Crippen LogP contribution in [0.5, 0.6) is 0 Å². The van der Waals surface area contributed by atoms with Crippen molar-refractivity contribution in [2.24, 2.45) is 5.92 Å². The summed E-state index contributed by atoms with van der Waals surface area (Å²) in [5.41, 5.74) is 0.481. The van der Waals surface area contributed by atoms with E-state index in [2.05, 4.69) is 4.98 Å². The van der Waals surface area contributed by atoms with Crippen LogP contribution < -0.4 is 0 Å². The van der Waals surface area contributed by atoms with Crippen LogP contribution in [0.1, 0.15) is 41.9 Å². The Morgan fingerprint density at radius 1 is 1.25 bits per heavy atom. The molecule has 2 fully saturated rings. The summed E-state index contributed by atoms with van der Waals surface area (Å²) in [5.74, 6) is -0.411. The van der Waals surface area contributed by atoms with Crippen molar-refractivity contribution in [2.45, 2.75) is 36.2 Å². The fourth-order valence-electron chi connectivity index (χ4n) is 3.26. The molecule has 2 bridgehead atoms. The zero-order chi connectivity index (χ0) is 14.3. The smallest absolute Gasteiger partial charge is 0.184 e. The van der Waals surface area contributed by atoms with Crippen LogP contribution in [-0.4, -0.2) is 29.7 Å². The van der Waals surface area contributed by atoms with Crippen molar-refractivity contribution in [2.75, 3.05) is 0 Å². The van der Waals surface area contributed by atoms with Gasteiger partial charge in [0.15, 0.2) is 15.6 Å². The molecule has 3 heterocycles. The monoisotopic (exact) mass is 290 g/mol. The van der Waals surface area contributed by atoms with E-state index >= 15 is 0 Å². The van der Waals surface area contributed by atoms with Crippen molar-refractivity contribution < 1.29 is 13.2 Å². The molecule has 1 aromatic rings. The van der Waals surface area contributed by atoms with E-state index in [1.165, 1.54) is 0 Å². The average molecular weight is 290 g/mol. The molecule has 2 saturated heterocycles. The molecule has 2 aliphatic heterocycles. The van der Waals surface area contributed by atoms with Crippen molar-refractivity contribution in [1.29, 1.82) is 5.26 Å². The first-order valence-corrected chi connectivity index (χ1v) is 8.27. The van der Waals surface area contributed by atoms with E-state index in [0.29, 0.717) is 25.7 Å². The minimum Gasteiger partial charge on any atom is -0.292 e. The van der Waals surface area contributed by atoms with E-state index in [1.54, 1.807) is 18.2 Å². The summed E-state index contributed by atoms with van der Waals surface area (Å²) in [6.07, 6.45) is 2.14. The normalized spacial score (nSPS) is 30.6. The van der Waals surface area contributed by atoms with Gasteiger partial charge in [0.2, 0.25) is 0 Å². The molecule has 0 N–H and O–H groups in total. The van der Waals surface area contributed by atoms with Gasteiger partial charge in [-0.3, -0.25) is 4.79 Å². The Hall–Kier alpha value is -1.74. The number of Topliss-reactive ketones (excluding diaryl/α,β-unsaturated/α-hetero) is 1. The van der Waals surface area contributed by atoms with Crippen LogP contribution in [0.4, 0.5) is 0 Å². The molecule has 20 heavy (non-hydrogen) atoms. The standard InChI is InChI=1S/C14H14N2O3S/c15-8-10-2-1-3-13(16-10)14(17)9-6-11-4-5-12(7-9)20(11,18)19/h1-3,9,11-12H,4-7H2. The number of carbonyl (C=O) groups is 1. The number of aromatic nitrogens is 1. The zero-order valence-electron chi connectivity index (χ0n) is 10.8. The summed E-state index contributed by atoms with van der Waals surface area (Å²) < 4.78 is 24.0. The molecular formula is C14H14N2O3S. The van der Waals surface area contributed by atoms with Gasteiger partial charge in [-0.1, -0.05) is 6.07 Å². The van der Waals surface area contributed by atoms with Crippen LogP contribution in [0.3, 0.4) is 0 Å². The Morgan fingerprint density at radius 3 is 2.50 bits per heavy atom. The lowest BCUT2D eigenvalue weighted by atomic mass is 9.92. The number of nitrogens with zero attached hydrogens (tertiary/aromatic N) is 2. The minimum absolute atomic E-state index is 0.131. The largest absolute Gasteiger partial charge is 0.292 e. The molecule has 3 rings (SSSR count). The molecule has 0 aromatic carbocycles. The van der Waals surface area contributed by atoms with E-state index in [4.69, 9.17) is 5.26 Å². The maximum atomic E-state index is 12.4. The number of carbonyl (C=O) groups excluding carboxylic acids is 1. The molecule has 6 heteroatoms. The number of ketones is 1. The van der Waals surface area contributed by atoms with Crippen molar-refractivity contribution in [1.82, 2.24) is 4.98 Å². The van der Waals surface area contributed by atoms with E-state index in [1.807, 2.05) is 6.07 Å². The van der Waals surface area contributed by atoms with Crippen molar-refractivity contribution in [3.05, 3.63) is 29.6 Å². The summed E-state index contributed by atoms with van der Waals surface area (Å²) in [5, 5.41) is 8.08. The summed E-state index contributed by atoms with van der Waals surface area (Å²) in [7, 11) is -3.02. The average Bonchev–Trinajstić information content (AvgIpc) is 2.66. The van der Waals surface area contributed by atoms with Crippen LogP contribution in [0.15, 0.2) is 18.2 Å². The summed E-state index contributed by atoms with van der Waals surface area (Å²) >= 11 is 0. The van der Waals surface area contributed by atoms with Crippen LogP contribution in [-0.2, 0) is 9.84 Å².